The Kier molecular flexibility index (Phi) is 8.80. The third kappa shape index (κ3) is 6.29. The van der Waals surface area contributed by atoms with Crippen molar-refractivity contribution in [3.8, 4) is 0 Å². The predicted octanol–water partition coefficient (Wildman–Crippen LogP) is 5.79. The molecular weight excluding hydrogens is 431 g/mol. The first-order chi connectivity index (χ1) is 15.8. The van der Waals surface area contributed by atoms with Gasteiger partial charge in [-0.1, -0.05) is 75.4 Å². The van der Waals surface area contributed by atoms with Crippen LogP contribution in [0, 0.1) is 11.8 Å². The molecule has 5 heteroatoms. The number of aliphatic hydroxyl groups excluding tert-OH is 1. The van der Waals surface area contributed by atoms with Gasteiger partial charge in [0.2, 0.25) is 0 Å². The van der Waals surface area contributed by atoms with Crippen LogP contribution in [-0.2, 0) is 9.05 Å². The minimum absolute atomic E-state index is 0.144. The first-order valence-electron chi connectivity index (χ1n) is 11.5. The van der Waals surface area contributed by atoms with Crippen LogP contribution in [-0.4, -0.2) is 23.3 Å². The van der Waals surface area contributed by atoms with Crippen LogP contribution in [0.2, 0.25) is 0 Å². The fourth-order valence-corrected chi connectivity index (χ4v) is 6.65. The van der Waals surface area contributed by atoms with Gasteiger partial charge in [0.05, 0.1) is 11.7 Å². The van der Waals surface area contributed by atoms with Gasteiger partial charge < -0.3 is 5.11 Å². The van der Waals surface area contributed by atoms with Crippen LogP contribution in [0.1, 0.15) is 44.5 Å². The summed E-state index contributed by atoms with van der Waals surface area (Å²) in [6.45, 7) is 8.12. The Balaban J connectivity index is 2.06. The molecule has 174 valence electrons. The monoisotopic (exact) mass is 465 g/mol. The molecule has 3 aromatic carbocycles. The maximum absolute atomic E-state index is 13.3. The standard InChI is InChI=1S/C28H34O4P/c1-21(2)20-27(29)22(3)23(4)31-33(25-16-10-6-11-17-25,26-18-12-7-13-19-26)32-28(30)24-14-8-5-9-15-24/h5-19,21-23,27,29H,20H2,1-4H3/q+1. The molecule has 0 radical (unpaired) electrons. The lowest BCUT2D eigenvalue weighted by Crippen LogP contribution is -2.36. The molecule has 3 atom stereocenters. The Bertz CT molecular complexity index is 953. The van der Waals surface area contributed by atoms with Gasteiger partial charge in [0.25, 0.3) is 0 Å². The zero-order chi connectivity index (χ0) is 23.8. The molecule has 0 aliphatic rings. The van der Waals surface area contributed by atoms with E-state index in [1.807, 2.05) is 92.7 Å². The summed E-state index contributed by atoms with van der Waals surface area (Å²) >= 11 is 0. The van der Waals surface area contributed by atoms with Crippen molar-refractivity contribution in [2.75, 3.05) is 0 Å². The van der Waals surface area contributed by atoms with Crippen LogP contribution in [0.4, 0.5) is 0 Å². The number of aliphatic hydroxyl groups is 1. The van der Waals surface area contributed by atoms with E-state index in [-0.39, 0.29) is 12.0 Å². The Morgan fingerprint density at radius 2 is 1.24 bits per heavy atom. The van der Waals surface area contributed by atoms with Crippen LogP contribution in [0.15, 0.2) is 91.0 Å². The number of carbonyl (C=O) groups is 1. The summed E-state index contributed by atoms with van der Waals surface area (Å²) in [7, 11) is -3.07. The van der Waals surface area contributed by atoms with Crippen LogP contribution in [0.25, 0.3) is 0 Å². The van der Waals surface area contributed by atoms with E-state index >= 15 is 0 Å². The summed E-state index contributed by atoms with van der Waals surface area (Å²) in [6, 6.07) is 28.3. The van der Waals surface area contributed by atoms with Crippen molar-refractivity contribution < 1.29 is 18.9 Å². The van der Waals surface area contributed by atoms with Gasteiger partial charge >= 0.3 is 13.7 Å². The molecular formula is C28H34O4P+. The van der Waals surface area contributed by atoms with Gasteiger partial charge in [0, 0.05) is 5.92 Å². The summed E-state index contributed by atoms with van der Waals surface area (Å²) in [6.07, 6.45) is -0.185. The molecule has 0 heterocycles. The molecule has 33 heavy (non-hydrogen) atoms. The molecule has 0 spiro atoms. The molecule has 0 aliphatic carbocycles. The summed E-state index contributed by atoms with van der Waals surface area (Å²) < 4.78 is 13.1. The van der Waals surface area contributed by atoms with Gasteiger partial charge in [0.1, 0.15) is 6.10 Å². The van der Waals surface area contributed by atoms with Crippen molar-refractivity contribution in [1.29, 1.82) is 0 Å². The molecule has 3 unspecified atom stereocenters. The molecule has 0 saturated carbocycles. The van der Waals surface area contributed by atoms with Gasteiger partial charge in [0.15, 0.2) is 10.6 Å². The van der Waals surface area contributed by atoms with Crippen LogP contribution < -0.4 is 10.6 Å². The smallest absolute Gasteiger partial charge is 0.391 e. The predicted molar refractivity (Wildman–Crippen MR) is 136 cm³/mol. The average Bonchev–Trinajstić information content (AvgIpc) is 2.84. The zero-order valence-corrected chi connectivity index (χ0v) is 20.7. The van der Waals surface area contributed by atoms with Crippen molar-refractivity contribution in [1.82, 2.24) is 0 Å². The molecule has 3 aromatic rings. The Morgan fingerprint density at radius 3 is 1.70 bits per heavy atom. The zero-order valence-electron chi connectivity index (χ0n) is 19.8. The lowest BCUT2D eigenvalue weighted by molar-refractivity contribution is 0.0289. The van der Waals surface area contributed by atoms with Gasteiger partial charge in [-0.3, -0.25) is 4.52 Å². The Morgan fingerprint density at radius 1 is 0.788 bits per heavy atom. The van der Waals surface area contributed by atoms with Crippen molar-refractivity contribution in [3.63, 3.8) is 0 Å². The number of hydrogen-bond acceptors (Lipinski definition) is 4. The summed E-state index contributed by atoms with van der Waals surface area (Å²) in [5.74, 6) is -0.206. The van der Waals surface area contributed by atoms with Crippen molar-refractivity contribution in [2.45, 2.75) is 46.3 Å². The third-order valence-electron chi connectivity index (χ3n) is 5.79. The van der Waals surface area contributed by atoms with Crippen LogP contribution in [0.3, 0.4) is 0 Å². The second-order valence-corrected chi connectivity index (χ2v) is 11.4. The molecule has 3 rings (SSSR count). The van der Waals surface area contributed by atoms with Gasteiger partial charge in [-0.05, 0) is 55.7 Å². The summed E-state index contributed by atoms with van der Waals surface area (Å²) in [5, 5.41) is 12.4. The molecule has 0 aliphatic heterocycles. The first kappa shape index (κ1) is 25.1. The minimum atomic E-state index is -3.07. The van der Waals surface area contributed by atoms with E-state index in [0.29, 0.717) is 17.9 Å². The van der Waals surface area contributed by atoms with Gasteiger partial charge in [-0.2, -0.15) is 4.52 Å². The molecule has 0 fully saturated rings. The van der Waals surface area contributed by atoms with Gasteiger partial charge in [-0.15, -0.1) is 0 Å². The second-order valence-electron chi connectivity index (χ2n) is 8.83. The van der Waals surface area contributed by atoms with Crippen LogP contribution in [0.5, 0.6) is 0 Å². The van der Waals surface area contributed by atoms with Crippen molar-refractivity contribution >= 4 is 24.3 Å². The highest BCUT2D eigenvalue weighted by Gasteiger charge is 2.53. The van der Waals surface area contributed by atoms with Crippen LogP contribution >= 0.6 is 7.72 Å². The largest absolute Gasteiger partial charge is 0.393 e. The fourth-order valence-electron chi connectivity index (χ4n) is 3.73. The molecule has 0 amide bonds. The van der Waals surface area contributed by atoms with E-state index in [9.17, 15) is 9.90 Å². The van der Waals surface area contributed by atoms with E-state index in [1.165, 1.54) is 0 Å². The molecule has 0 aromatic heterocycles. The van der Waals surface area contributed by atoms with E-state index < -0.39 is 19.8 Å². The second kappa shape index (κ2) is 11.6. The molecule has 0 bridgehead atoms. The van der Waals surface area contributed by atoms with Crippen molar-refractivity contribution in [2.24, 2.45) is 11.8 Å². The van der Waals surface area contributed by atoms with E-state index in [1.54, 1.807) is 12.1 Å². The Labute approximate surface area is 198 Å². The molecule has 4 nitrogen and oxygen atoms in total. The Hall–Kier alpha value is -2.52. The lowest BCUT2D eigenvalue weighted by Gasteiger charge is -2.30. The minimum Gasteiger partial charge on any atom is -0.393 e. The SMILES string of the molecule is CC(C)CC(O)C(C)C(C)O[P+](OC(=O)c1ccccc1)(c1ccccc1)c1ccccc1. The topological polar surface area (TPSA) is 55.8 Å². The highest BCUT2D eigenvalue weighted by Crippen LogP contribution is 2.60. The first-order valence-corrected chi connectivity index (χ1v) is 13.1. The number of benzene rings is 3. The maximum atomic E-state index is 13.3. The highest BCUT2D eigenvalue weighted by molar-refractivity contribution is 7.81. The number of carbonyl (C=O) groups excluding carboxylic acids is 1. The molecule has 0 saturated heterocycles. The van der Waals surface area contributed by atoms with E-state index in [0.717, 1.165) is 10.6 Å². The number of rotatable bonds is 10. The fraction of sp³-hybridized carbons (Fsp3) is 0.321. The molecule has 1 N–H and O–H groups in total. The highest BCUT2D eigenvalue weighted by atomic mass is 31.2. The van der Waals surface area contributed by atoms with E-state index in [4.69, 9.17) is 9.05 Å². The summed E-state index contributed by atoms with van der Waals surface area (Å²) in [4.78, 5) is 13.3. The van der Waals surface area contributed by atoms with E-state index in [2.05, 4.69) is 13.8 Å². The maximum Gasteiger partial charge on any atom is 0.391 e. The average molecular weight is 466 g/mol. The van der Waals surface area contributed by atoms with Crippen molar-refractivity contribution in [3.05, 3.63) is 96.6 Å². The normalized spacial score (nSPS) is 14.5. The van der Waals surface area contributed by atoms with Gasteiger partial charge in [-0.25, -0.2) is 4.79 Å². The number of hydrogen-bond donors (Lipinski definition) is 1. The summed E-state index contributed by atoms with van der Waals surface area (Å²) in [5.41, 5.74) is 0.470. The third-order valence-corrected chi connectivity index (χ3v) is 8.80. The lowest BCUT2D eigenvalue weighted by atomic mass is 9.92. The quantitative estimate of drug-likeness (QED) is 0.385.